The Balaban J connectivity index is 2.35. The molecule has 1 aliphatic heterocycles. The van der Waals surface area contributed by atoms with E-state index in [2.05, 4.69) is 26.5 Å². The smallest absolute Gasteiger partial charge is 0.184 e. The van der Waals surface area contributed by atoms with E-state index < -0.39 is 0 Å². The van der Waals surface area contributed by atoms with Gasteiger partial charge in [0.15, 0.2) is 5.11 Å². The molecule has 1 aromatic carbocycles. The fourth-order valence-corrected chi connectivity index (χ4v) is 1.89. The van der Waals surface area contributed by atoms with Gasteiger partial charge in [-0.15, -0.1) is 0 Å². The summed E-state index contributed by atoms with van der Waals surface area (Å²) in [5.41, 5.74) is 9.79. The normalized spacial score (nSPS) is 16.4. The fourth-order valence-electron chi connectivity index (χ4n) is 1.48. The van der Waals surface area contributed by atoms with Crippen LogP contribution >= 0.6 is 28.1 Å². The maximum Gasteiger partial charge on any atom is 0.184 e. The van der Waals surface area contributed by atoms with Crippen LogP contribution in [0.2, 0.25) is 0 Å². The summed E-state index contributed by atoms with van der Waals surface area (Å²) in [6.07, 6.45) is 0.735. The van der Waals surface area contributed by atoms with E-state index in [9.17, 15) is 0 Å². The SMILES string of the molecule is NC(=S)N/N=C1\CCOc2ccc(Br)cc21. The highest BCUT2D eigenvalue weighted by atomic mass is 79.9. The molecule has 16 heavy (non-hydrogen) atoms. The van der Waals surface area contributed by atoms with Gasteiger partial charge in [-0.3, -0.25) is 5.43 Å². The molecule has 0 amide bonds. The Morgan fingerprint density at radius 1 is 1.56 bits per heavy atom. The van der Waals surface area contributed by atoms with Crippen LogP contribution in [0.3, 0.4) is 0 Å². The molecule has 0 saturated heterocycles. The molecule has 0 saturated carbocycles. The van der Waals surface area contributed by atoms with Crippen LogP contribution in [0.4, 0.5) is 0 Å². The molecule has 0 bridgehead atoms. The van der Waals surface area contributed by atoms with Gasteiger partial charge >= 0.3 is 0 Å². The number of hydrazone groups is 1. The van der Waals surface area contributed by atoms with Crippen molar-refractivity contribution in [3.63, 3.8) is 0 Å². The first kappa shape index (κ1) is 11.3. The fraction of sp³-hybridized carbons (Fsp3) is 0.200. The monoisotopic (exact) mass is 299 g/mol. The topological polar surface area (TPSA) is 59.6 Å². The average Bonchev–Trinajstić information content (AvgIpc) is 2.26. The van der Waals surface area contributed by atoms with Gasteiger partial charge < -0.3 is 10.5 Å². The number of fused-ring (bicyclic) bond motifs is 1. The van der Waals surface area contributed by atoms with Crippen LogP contribution in [-0.2, 0) is 0 Å². The number of halogens is 1. The second kappa shape index (κ2) is 4.80. The van der Waals surface area contributed by atoms with Crippen molar-refractivity contribution in [1.82, 2.24) is 5.43 Å². The molecule has 4 nitrogen and oxygen atoms in total. The minimum atomic E-state index is 0.163. The molecule has 3 N–H and O–H groups in total. The third kappa shape index (κ3) is 2.51. The van der Waals surface area contributed by atoms with Crippen molar-refractivity contribution < 1.29 is 4.74 Å². The highest BCUT2D eigenvalue weighted by molar-refractivity contribution is 9.10. The summed E-state index contributed by atoms with van der Waals surface area (Å²) < 4.78 is 6.51. The molecule has 0 radical (unpaired) electrons. The minimum Gasteiger partial charge on any atom is -0.492 e. The van der Waals surface area contributed by atoms with Crippen LogP contribution < -0.4 is 15.9 Å². The van der Waals surface area contributed by atoms with E-state index in [1.807, 2.05) is 18.2 Å². The Labute approximate surface area is 107 Å². The van der Waals surface area contributed by atoms with Gasteiger partial charge in [-0.05, 0) is 30.4 Å². The van der Waals surface area contributed by atoms with Crippen molar-refractivity contribution in [2.75, 3.05) is 6.61 Å². The molecule has 0 atom stereocenters. The summed E-state index contributed by atoms with van der Waals surface area (Å²) >= 11 is 8.12. The zero-order chi connectivity index (χ0) is 11.5. The molecule has 1 aromatic rings. The molecule has 2 rings (SSSR count). The lowest BCUT2D eigenvalue weighted by Gasteiger charge is -2.19. The Kier molecular flexibility index (Phi) is 3.40. The number of nitrogens with two attached hydrogens (primary N) is 1. The highest BCUT2D eigenvalue weighted by Gasteiger charge is 2.16. The molecular weight excluding hydrogens is 290 g/mol. The molecule has 0 aliphatic carbocycles. The summed E-state index contributed by atoms with van der Waals surface area (Å²) in [5.74, 6) is 0.831. The van der Waals surface area contributed by atoms with Gasteiger partial charge in [0.05, 0.1) is 12.3 Å². The number of hydrogen-bond donors (Lipinski definition) is 2. The van der Waals surface area contributed by atoms with Crippen LogP contribution in [0.5, 0.6) is 5.75 Å². The number of hydrogen-bond acceptors (Lipinski definition) is 3. The maximum atomic E-state index is 5.52. The van der Waals surface area contributed by atoms with Crippen molar-refractivity contribution in [3.05, 3.63) is 28.2 Å². The molecule has 1 heterocycles. The standard InChI is InChI=1S/C10H10BrN3OS/c11-6-1-2-9-7(5-6)8(3-4-15-9)13-14-10(12)16/h1-2,5H,3-4H2,(H3,12,14,16)/b13-8+. The van der Waals surface area contributed by atoms with Gasteiger partial charge in [0.25, 0.3) is 0 Å². The predicted octanol–water partition coefficient (Wildman–Crippen LogP) is 1.77. The predicted molar refractivity (Wildman–Crippen MR) is 70.7 cm³/mol. The van der Waals surface area contributed by atoms with Gasteiger partial charge in [0.1, 0.15) is 5.75 Å². The summed E-state index contributed by atoms with van der Waals surface area (Å²) in [6.45, 7) is 0.618. The average molecular weight is 300 g/mol. The molecule has 84 valence electrons. The molecule has 0 fully saturated rings. The van der Waals surface area contributed by atoms with Crippen molar-refractivity contribution in [1.29, 1.82) is 0 Å². The Morgan fingerprint density at radius 3 is 3.12 bits per heavy atom. The number of thiocarbonyl (C=S) groups is 1. The van der Waals surface area contributed by atoms with Crippen LogP contribution in [0, 0.1) is 0 Å². The van der Waals surface area contributed by atoms with Crippen LogP contribution in [0.1, 0.15) is 12.0 Å². The van der Waals surface area contributed by atoms with Crippen molar-refractivity contribution >= 4 is 39.0 Å². The number of rotatable bonds is 1. The largest absolute Gasteiger partial charge is 0.492 e. The lowest BCUT2D eigenvalue weighted by molar-refractivity contribution is 0.320. The van der Waals surface area contributed by atoms with Gasteiger partial charge in [-0.25, -0.2) is 0 Å². The highest BCUT2D eigenvalue weighted by Crippen LogP contribution is 2.27. The van der Waals surface area contributed by atoms with Gasteiger partial charge in [0.2, 0.25) is 0 Å². The summed E-state index contributed by atoms with van der Waals surface area (Å²) in [7, 11) is 0. The molecule has 1 aliphatic rings. The molecule has 6 heteroatoms. The lowest BCUT2D eigenvalue weighted by atomic mass is 10.0. The van der Waals surface area contributed by atoms with Crippen molar-refractivity contribution in [3.8, 4) is 5.75 Å². The molecule has 0 unspecified atom stereocenters. The first-order valence-electron chi connectivity index (χ1n) is 4.71. The Bertz CT molecular complexity index is 461. The minimum absolute atomic E-state index is 0.163. The second-order valence-electron chi connectivity index (χ2n) is 3.27. The number of ether oxygens (including phenoxy) is 1. The van der Waals surface area contributed by atoms with E-state index in [0.717, 1.165) is 27.9 Å². The van der Waals surface area contributed by atoms with E-state index in [-0.39, 0.29) is 5.11 Å². The van der Waals surface area contributed by atoms with E-state index in [1.54, 1.807) is 0 Å². The van der Waals surface area contributed by atoms with E-state index in [1.165, 1.54) is 0 Å². The van der Waals surface area contributed by atoms with Crippen LogP contribution in [0.15, 0.2) is 27.8 Å². The molecule has 0 spiro atoms. The maximum absolute atomic E-state index is 5.52. The summed E-state index contributed by atoms with van der Waals surface area (Å²) in [5, 5.41) is 4.33. The third-order valence-electron chi connectivity index (χ3n) is 2.15. The number of benzene rings is 1. The molecular formula is C10H10BrN3OS. The lowest BCUT2D eigenvalue weighted by Crippen LogP contribution is -2.27. The van der Waals surface area contributed by atoms with E-state index >= 15 is 0 Å². The first-order valence-corrected chi connectivity index (χ1v) is 5.91. The molecule has 0 aromatic heterocycles. The van der Waals surface area contributed by atoms with Gasteiger partial charge in [-0.1, -0.05) is 15.9 Å². The quantitative estimate of drug-likeness (QED) is 0.613. The Morgan fingerprint density at radius 2 is 2.38 bits per heavy atom. The van der Waals surface area contributed by atoms with Crippen LogP contribution in [-0.4, -0.2) is 17.4 Å². The van der Waals surface area contributed by atoms with Crippen molar-refractivity contribution in [2.45, 2.75) is 6.42 Å². The first-order chi connectivity index (χ1) is 7.66. The number of nitrogens with one attached hydrogen (secondary N) is 1. The zero-order valence-electron chi connectivity index (χ0n) is 8.37. The van der Waals surface area contributed by atoms with Crippen LogP contribution in [0.25, 0.3) is 0 Å². The zero-order valence-corrected chi connectivity index (χ0v) is 10.8. The van der Waals surface area contributed by atoms with Gasteiger partial charge in [-0.2, -0.15) is 5.10 Å². The number of nitrogens with zero attached hydrogens (tertiary/aromatic N) is 1. The second-order valence-corrected chi connectivity index (χ2v) is 4.63. The van der Waals surface area contributed by atoms with E-state index in [0.29, 0.717) is 6.61 Å². The summed E-state index contributed by atoms with van der Waals surface area (Å²) in [6, 6.07) is 5.81. The third-order valence-corrected chi connectivity index (χ3v) is 2.73. The van der Waals surface area contributed by atoms with Gasteiger partial charge in [0, 0.05) is 16.5 Å². The Hall–Kier alpha value is -1.14. The van der Waals surface area contributed by atoms with Crippen molar-refractivity contribution in [2.24, 2.45) is 10.8 Å². The summed E-state index contributed by atoms with van der Waals surface area (Å²) in [4.78, 5) is 0. The van der Waals surface area contributed by atoms with E-state index in [4.69, 9.17) is 22.7 Å².